The smallest absolute Gasteiger partial charge is 0.408 e. The second-order valence-electron chi connectivity index (χ2n) is 13.2. The summed E-state index contributed by atoms with van der Waals surface area (Å²) in [5, 5.41) is 32.3. The van der Waals surface area contributed by atoms with Gasteiger partial charge in [0.25, 0.3) is 0 Å². The fraction of sp³-hybridized carbons (Fsp3) is 0.471. The molecule has 0 bridgehead atoms. The first kappa shape index (κ1) is 41.7. The summed E-state index contributed by atoms with van der Waals surface area (Å²) in [6.07, 6.45) is 4.11. The lowest BCUT2D eigenvalue weighted by Gasteiger charge is -2.27. The molecule has 282 valence electrons. The summed E-state index contributed by atoms with van der Waals surface area (Å²) < 4.78 is 5.38. The Bertz CT molecular complexity index is 1620. The van der Waals surface area contributed by atoms with E-state index < -0.39 is 58.5 Å². The van der Waals surface area contributed by atoms with Crippen molar-refractivity contribution in [3.05, 3.63) is 82.6 Å². The number of carbonyl (C=O) groups excluding carboxylic acids is 4. The molecule has 0 aliphatic heterocycles. The monoisotopic (exact) mass is 758 g/mol. The van der Waals surface area contributed by atoms with Crippen LogP contribution in [0.2, 0.25) is 0 Å². The van der Waals surface area contributed by atoms with Gasteiger partial charge in [0.1, 0.15) is 23.7 Å². The Morgan fingerprint density at radius 3 is 2.17 bits per heavy atom. The molecule has 0 fully saturated rings. The number of pyridine rings is 1. The van der Waals surface area contributed by atoms with Crippen LogP contribution in [0.1, 0.15) is 52.3 Å². The minimum absolute atomic E-state index is 0.0171. The zero-order valence-electron chi connectivity index (χ0n) is 29.7. The van der Waals surface area contributed by atoms with Crippen LogP contribution in [-0.4, -0.2) is 90.9 Å². The summed E-state index contributed by atoms with van der Waals surface area (Å²) in [6, 6.07) is 7.51. The number of nitrogens with zero attached hydrogens (tertiary/aromatic N) is 3. The van der Waals surface area contributed by atoms with E-state index in [9.17, 15) is 34.4 Å². The predicted molar refractivity (Wildman–Crippen MR) is 197 cm³/mol. The summed E-state index contributed by atoms with van der Waals surface area (Å²) in [6.45, 7) is 8.60. The zero-order chi connectivity index (χ0) is 38.3. The number of hydrogen-bond donors (Lipinski definition) is 6. The van der Waals surface area contributed by atoms with Gasteiger partial charge in [0, 0.05) is 37.1 Å². The third kappa shape index (κ3) is 14.5. The Balaban J connectivity index is 1.87. The molecule has 0 unspecified atom stereocenters. The van der Waals surface area contributed by atoms with Crippen LogP contribution in [0, 0.1) is 16.0 Å². The van der Waals surface area contributed by atoms with Crippen LogP contribution in [0.3, 0.4) is 0 Å². The Morgan fingerprint density at radius 2 is 1.58 bits per heavy atom. The molecule has 0 saturated heterocycles. The second-order valence-corrected chi connectivity index (χ2v) is 15.6. The molecular weight excluding hydrogens is 713 g/mol. The number of H-pyrrole nitrogens is 1. The minimum atomic E-state index is -1.26. The molecule has 0 aliphatic carbocycles. The van der Waals surface area contributed by atoms with Crippen molar-refractivity contribution in [2.24, 2.45) is 5.92 Å². The van der Waals surface area contributed by atoms with Crippen molar-refractivity contribution in [2.45, 2.75) is 88.7 Å². The van der Waals surface area contributed by atoms with Crippen molar-refractivity contribution < 1.29 is 33.9 Å². The van der Waals surface area contributed by atoms with E-state index in [1.54, 1.807) is 57.3 Å². The fourth-order valence-corrected chi connectivity index (χ4v) is 7.07. The molecule has 2 heterocycles. The normalized spacial score (nSPS) is 13.7. The maximum absolute atomic E-state index is 14.0. The Hall–Kier alpha value is -4.68. The largest absolute Gasteiger partial charge is 0.444 e. The van der Waals surface area contributed by atoms with Crippen molar-refractivity contribution in [2.75, 3.05) is 12.4 Å². The average Bonchev–Trinajstić information content (AvgIpc) is 3.59. The van der Waals surface area contributed by atoms with Crippen LogP contribution in [-0.2, 0) is 32.0 Å². The van der Waals surface area contributed by atoms with Gasteiger partial charge in [0.2, 0.25) is 17.7 Å². The highest BCUT2D eigenvalue weighted by Crippen LogP contribution is 2.35. The quantitative estimate of drug-likeness (QED) is 0.0588. The predicted octanol–water partition coefficient (Wildman–Crippen LogP) is 3.32. The molecule has 0 saturated carbocycles. The number of benzene rings is 1. The highest BCUT2D eigenvalue weighted by atomic mass is 33.1. The second kappa shape index (κ2) is 20.4. The van der Waals surface area contributed by atoms with E-state index in [0.717, 1.165) is 21.6 Å². The lowest BCUT2D eigenvalue weighted by Crippen LogP contribution is -2.59. The molecule has 0 spiro atoms. The SMILES string of the molecule is CC(C)C[C@@H](CO)NC(=O)[C@H](Cc1c[nH]cn1)NC(=O)[C@H](Cc1ccccc1)NC(=O)[C@H](CSSc1ncccc1[N+](=O)[O-])NC(=O)OC(C)(C)C. The lowest BCUT2D eigenvalue weighted by atomic mass is 10.0. The molecule has 52 heavy (non-hydrogen) atoms. The average molecular weight is 759 g/mol. The highest BCUT2D eigenvalue weighted by Gasteiger charge is 2.32. The van der Waals surface area contributed by atoms with Crippen molar-refractivity contribution >= 4 is 51.1 Å². The van der Waals surface area contributed by atoms with Gasteiger partial charge in [0.05, 0.1) is 29.6 Å². The molecular formula is C34H46N8O8S2. The first-order valence-electron chi connectivity index (χ1n) is 16.6. The molecule has 18 heteroatoms. The van der Waals surface area contributed by atoms with E-state index >= 15 is 0 Å². The molecule has 0 aliphatic rings. The number of aliphatic hydroxyl groups excluding tert-OH is 1. The van der Waals surface area contributed by atoms with Crippen LogP contribution in [0.5, 0.6) is 0 Å². The van der Waals surface area contributed by atoms with Crippen molar-refractivity contribution in [1.82, 2.24) is 36.2 Å². The van der Waals surface area contributed by atoms with Gasteiger partial charge in [-0.05, 0) is 55.5 Å². The molecule has 4 amide bonds. The number of nitrogens with one attached hydrogen (secondary N) is 5. The first-order valence-corrected chi connectivity index (χ1v) is 18.9. The summed E-state index contributed by atoms with van der Waals surface area (Å²) in [5.41, 5.74) is 0.102. The Morgan fingerprint density at radius 1 is 0.923 bits per heavy atom. The number of alkyl carbamates (subject to hydrolysis) is 1. The number of aromatic nitrogens is 3. The van der Waals surface area contributed by atoms with E-state index in [-0.39, 0.29) is 41.8 Å². The van der Waals surface area contributed by atoms with Crippen molar-refractivity contribution in [1.29, 1.82) is 0 Å². The van der Waals surface area contributed by atoms with E-state index in [1.165, 1.54) is 24.7 Å². The Kier molecular flexibility index (Phi) is 16.4. The van der Waals surface area contributed by atoms with Crippen LogP contribution in [0.4, 0.5) is 10.5 Å². The molecule has 4 atom stereocenters. The molecule has 2 aromatic heterocycles. The van der Waals surface area contributed by atoms with Crippen molar-refractivity contribution in [3.8, 4) is 0 Å². The van der Waals surface area contributed by atoms with Gasteiger partial charge in [-0.25, -0.2) is 14.8 Å². The van der Waals surface area contributed by atoms with Crippen LogP contribution in [0.25, 0.3) is 0 Å². The summed E-state index contributed by atoms with van der Waals surface area (Å²) in [7, 11) is 1.99. The van der Waals surface area contributed by atoms with Gasteiger partial charge < -0.3 is 36.1 Å². The molecule has 0 radical (unpaired) electrons. The van der Waals surface area contributed by atoms with E-state index in [0.29, 0.717) is 17.7 Å². The number of carbonyl (C=O) groups is 4. The topological polar surface area (TPSA) is 231 Å². The van der Waals surface area contributed by atoms with E-state index in [4.69, 9.17) is 4.74 Å². The number of imidazole rings is 1. The lowest BCUT2D eigenvalue weighted by molar-refractivity contribution is -0.388. The van der Waals surface area contributed by atoms with Crippen LogP contribution in [0.15, 0.2) is 66.2 Å². The van der Waals surface area contributed by atoms with Crippen molar-refractivity contribution in [3.63, 3.8) is 0 Å². The van der Waals surface area contributed by atoms with Gasteiger partial charge in [-0.3, -0.25) is 24.5 Å². The number of amides is 4. The molecule has 1 aromatic carbocycles. The van der Waals surface area contributed by atoms with Gasteiger partial charge >= 0.3 is 11.8 Å². The number of ether oxygens (including phenoxy) is 1. The minimum Gasteiger partial charge on any atom is -0.444 e. The summed E-state index contributed by atoms with van der Waals surface area (Å²) in [5.74, 6) is -1.87. The van der Waals surface area contributed by atoms with Gasteiger partial charge in [0.15, 0.2) is 5.03 Å². The fourth-order valence-electron chi connectivity index (χ4n) is 4.85. The number of aromatic amines is 1. The molecule has 3 rings (SSSR count). The third-order valence-corrected chi connectivity index (χ3v) is 9.46. The number of nitro groups is 1. The Labute approximate surface area is 310 Å². The first-order chi connectivity index (χ1) is 24.6. The standard InChI is InChI=1S/C34H46N8O8S2/c1-21(2)14-24(18-43)38-29(44)26(16-23-17-35-20-37-23)40-30(45)25(15-22-10-7-6-8-11-22)39-31(46)27(41-33(47)50-34(3,4)5)19-51-52-32-28(42(48)49)12-9-13-36-32/h6-13,17,20-21,24-27,43H,14-16,18-19H2,1-5H3,(H,35,37)(H,38,44)(H,39,46)(H,40,45)(H,41,47)/t24-,25-,26-,27-/m0/s1. The maximum Gasteiger partial charge on any atom is 0.408 e. The van der Waals surface area contributed by atoms with Gasteiger partial charge in [-0.15, -0.1) is 0 Å². The maximum atomic E-state index is 14.0. The summed E-state index contributed by atoms with van der Waals surface area (Å²) in [4.78, 5) is 76.3. The van der Waals surface area contributed by atoms with E-state index in [2.05, 4.69) is 36.2 Å². The molecule has 3 aromatic rings. The molecule has 6 N–H and O–H groups in total. The zero-order valence-corrected chi connectivity index (χ0v) is 31.3. The van der Waals surface area contributed by atoms with Crippen LogP contribution < -0.4 is 21.3 Å². The highest BCUT2D eigenvalue weighted by molar-refractivity contribution is 8.76. The number of rotatable bonds is 19. The molecule has 16 nitrogen and oxygen atoms in total. The van der Waals surface area contributed by atoms with E-state index in [1.807, 2.05) is 13.8 Å². The van der Waals surface area contributed by atoms with Gasteiger partial charge in [-0.1, -0.05) is 55.0 Å². The van der Waals surface area contributed by atoms with Gasteiger partial charge in [-0.2, -0.15) is 0 Å². The summed E-state index contributed by atoms with van der Waals surface area (Å²) >= 11 is 0. The third-order valence-electron chi connectivity index (χ3n) is 7.17. The number of hydrogen-bond acceptors (Lipinski definition) is 12. The van der Waals surface area contributed by atoms with Crippen LogP contribution >= 0.6 is 21.6 Å². The number of aliphatic hydroxyl groups is 1.